The van der Waals surface area contributed by atoms with E-state index in [0.717, 1.165) is 24.6 Å². The van der Waals surface area contributed by atoms with Gasteiger partial charge in [0.15, 0.2) is 6.54 Å². The number of anilines is 1. The van der Waals surface area contributed by atoms with Crippen LogP contribution < -0.4 is 18.9 Å². The lowest BCUT2D eigenvalue weighted by Crippen LogP contribution is -2.34. The second-order valence-electron chi connectivity index (χ2n) is 8.54. The summed E-state index contributed by atoms with van der Waals surface area (Å²) in [5, 5.41) is 2.55. The number of unbranched alkanes of at least 4 members (excludes halogenated alkanes) is 2. The molecule has 2 heterocycles. The minimum absolute atomic E-state index is 0.688. The lowest BCUT2D eigenvalue weighted by atomic mass is 10.2. The minimum atomic E-state index is 0.688. The third kappa shape index (κ3) is 7.55. The maximum atomic E-state index is 5.74. The zero-order valence-electron chi connectivity index (χ0n) is 22.8. The molecule has 3 aromatic rings. The molecule has 4 rings (SSSR count). The number of hydrogen-bond acceptors (Lipinski definition) is 5. The molecule has 0 radical (unpaired) electrons. The van der Waals surface area contributed by atoms with E-state index in [1.165, 1.54) is 56.5 Å². The van der Waals surface area contributed by atoms with Crippen molar-refractivity contribution in [3.8, 4) is 11.5 Å². The van der Waals surface area contributed by atoms with Gasteiger partial charge in [0.2, 0.25) is 5.52 Å². The molecule has 0 aliphatic carbocycles. The van der Waals surface area contributed by atoms with E-state index in [4.69, 9.17) is 9.47 Å². The molecule has 37 heavy (non-hydrogen) atoms. The summed E-state index contributed by atoms with van der Waals surface area (Å²) >= 11 is 6.61. The van der Waals surface area contributed by atoms with Crippen LogP contribution >= 0.6 is 39.0 Å². The van der Waals surface area contributed by atoms with Crippen LogP contribution in [0.2, 0.25) is 0 Å². The molecule has 0 saturated carbocycles. The summed E-state index contributed by atoms with van der Waals surface area (Å²) in [5.41, 5.74) is 2.57. The molecule has 0 amide bonds. The van der Waals surface area contributed by atoms with Crippen molar-refractivity contribution in [1.29, 1.82) is 0 Å². The Morgan fingerprint density at radius 3 is 2.32 bits per heavy atom. The molecule has 0 spiro atoms. The SMILES string of the molecule is CBr.CCCCN1/C(=C\C=C\c2sc3cc(OCC)ccc3[n+]2CCCC)Sc2cc(OCC)ccc21. The molecule has 2 aromatic carbocycles. The van der Waals surface area contributed by atoms with Crippen molar-refractivity contribution < 1.29 is 14.0 Å². The Labute approximate surface area is 239 Å². The Morgan fingerprint density at radius 2 is 1.62 bits per heavy atom. The molecule has 1 aromatic heterocycles. The maximum Gasteiger partial charge on any atom is 0.262 e. The number of ether oxygens (including phenoxy) is 2. The first-order valence-electron chi connectivity index (χ1n) is 13.3. The summed E-state index contributed by atoms with van der Waals surface area (Å²) in [7, 11) is 0. The maximum absolute atomic E-state index is 5.74. The summed E-state index contributed by atoms with van der Waals surface area (Å²) in [6, 6.07) is 12.9. The Morgan fingerprint density at radius 1 is 0.919 bits per heavy atom. The lowest BCUT2D eigenvalue weighted by molar-refractivity contribution is -0.669. The number of nitrogens with zero attached hydrogens (tertiary/aromatic N) is 2. The Balaban J connectivity index is 0.00000186. The zero-order valence-corrected chi connectivity index (χ0v) is 26.0. The highest BCUT2D eigenvalue weighted by Gasteiger charge is 2.25. The number of hydrogen-bond donors (Lipinski definition) is 0. The van der Waals surface area contributed by atoms with Crippen LogP contribution in [0.4, 0.5) is 5.69 Å². The molecule has 1 aliphatic rings. The van der Waals surface area contributed by atoms with Gasteiger partial charge in [0.25, 0.3) is 5.01 Å². The molecular weight excluding hydrogens is 564 g/mol. The van der Waals surface area contributed by atoms with Gasteiger partial charge in [-0.25, -0.2) is 0 Å². The van der Waals surface area contributed by atoms with Gasteiger partial charge in [0.1, 0.15) is 16.2 Å². The summed E-state index contributed by atoms with van der Waals surface area (Å²) in [5.74, 6) is 3.70. The molecule has 0 bridgehead atoms. The highest BCUT2D eigenvalue weighted by Crippen LogP contribution is 2.47. The van der Waals surface area contributed by atoms with E-state index in [9.17, 15) is 0 Å². The quantitative estimate of drug-likeness (QED) is 0.152. The summed E-state index contributed by atoms with van der Waals surface area (Å²) in [6.45, 7) is 12.0. The average molecular weight is 605 g/mol. The number of thiazole rings is 1. The topological polar surface area (TPSA) is 25.6 Å². The molecule has 7 heteroatoms. The molecule has 0 fully saturated rings. The first kappa shape index (κ1) is 29.6. The summed E-state index contributed by atoms with van der Waals surface area (Å²) in [4.78, 5) is 3.73. The van der Waals surface area contributed by atoms with E-state index in [-0.39, 0.29) is 0 Å². The van der Waals surface area contributed by atoms with Gasteiger partial charge in [-0.1, -0.05) is 71.8 Å². The minimum Gasteiger partial charge on any atom is -0.494 e. The number of allylic oxidation sites excluding steroid dienone is 2. The number of aromatic nitrogens is 1. The van der Waals surface area contributed by atoms with Gasteiger partial charge >= 0.3 is 0 Å². The van der Waals surface area contributed by atoms with E-state index in [0.29, 0.717) is 13.2 Å². The highest BCUT2D eigenvalue weighted by atomic mass is 79.9. The number of thioether (sulfide) groups is 1. The molecule has 0 atom stereocenters. The Bertz CT molecular complexity index is 1210. The summed E-state index contributed by atoms with van der Waals surface area (Å²) in [6.07, 6.45) is 11.4. The smallest absolute Gasteiger partial charge is 0.262 e. The van der Waals surface area contributed by atoms with Crippen molar-refractivity contribution in [2.45, 2.75) is 64.8 Å². The van der Waals surface area contributed by atoms with E-state index in [1.54, 1.807) is 0 Å². The largest absolute Gasteiger partial charge is 0.494 e. The monoisotopic (exact) mass is 603 g/mol. The number of halogens is 1. The molecule has 4 nitrogen and oxygen atoms in total. The van der Waals surface area contributed by atoms with Gasteiger partial charge in [-0.15, -0.1) is 0 Å². The van der Waals surface area contributed by atoms with Crippen molar-refractivity contribution in [2.24, 2.45) is 0 Å². The standard InChI is InChI=1S/C29H37N2O2S2.CH3Br/c1-5-9-18-30-24-16-14-22(32-7-3)20-26(24)34-28(30)12-11-13-29-31(19-10-6-2)25-17-15-23(33-8-4)21-27(25)35-29;1-2/h11-17,20-21H,5-10,18-19H2,1-4H3;1H3/q+1;. The van der Waals surface area contributed by atoms with Crippen molar-refractivity contribution in [1.82, 2.24) is 0 Å². The van der Waals surface area contributed by atoms with Crippen LogP contribution in [-0.4, -0.2) is 25.6 Å². The van der Waals surface area contributed by atoms with Crippen LogP contribution in [-0.2, 0) is 6.54 Å². The fourth-order valence-corrected chi connectivity index (χ4v) is 6.50. The molecule has 0 unspecified atom stereocenters. The van der Waals surface area contributed by atoms with Crippen LogP contribution in [0, 0.1) is 0 Å². The molecule has 0 N–H and O–H groups in total. The Kier molecular flexibility index (Phi) is 12.4. The van der Waals surface area contributed by atoms with E-state index in [2.05, 4.69) is 93.9 Å². The number of rotatable bonds is 12. The number of aryl methyl sites for hydroxylation is 1. The predicted molar refractivity (Wildman–Crippen MR) is 166 cm³/mol. The predicted octanol–water partition coefficient (Wildman–Crippen LogP) is 9.06. The molecule has 1 aliphatic heterocycles. The third-order valence-electron chi connectivity index (χ3n) is 5.98. The van der Waals surface area contributed by atoms with Crippen LogP contribution in [0.1, 0.15) is 58.4 Å². The van der Waals surface area contributed by atoms with Crippen LogP contribution in [0.3, 0.4) is 0 Å². The normalized spacial score (nSPS) is 13.8. The molecular formula is C30H40BrN2O2S2+. The van der Waals surface area contributed by atoms with Crippen LogP contribution in [0.5, 0.6) is 11.5 Å². The van der Waals surface area contributed by atoms with Gasteiger partial charge in [-0.3, -0.25) is 0 Å². The first-order valence-corrected chi connectivity index (χ1v) is 16.5. The van der Waals surface area contributed by atoms with Gasteiger partial charge in [-0.05, 0) is 56.4 Å². The van der Waals surface area contributed by atoms with E-state index >= 15 is 0 Å². The second-order valence-corrected chi connectivity index (χ2v) is 10.7. The highest BCUT2D eigenvalue weighted by molar-refractivity contribution is 9.08. The summed E-state index contributed by atoms with van der Waals surface area (Å²) < 4.78 is 15.2. The van der Waals surface area contributed by atoms with Crippen molar-refractivity contribution in [3.63, 3.8) is 0 Å². The fourth-order valence-electron chi connectivity index (χ4n) is 4.24. The third-order valence-corrected chi connectivity index (χ3v) is 8.20. The first-order chi connectivity index (χ1) is 18.2. The van der Waals surface area contributed by atoms with Crippen molar-refractivity contribution in [3.05, 3.63) is 58.6 Å². The molecule has 0 saturated heterocycles. The van der Waals surface area contributed by atoms with E-state index < -0.39 is 0 Å². The van der Waals surface area contributed by atoms with Crippen molar-refractivity contribution in [2.75, 3.05) is 30.5 Å². The number of alkyl halides is 1. The van der Waals surface area contributed by atoms with E-state index in [1.807, 2.05) is 42.8 Å². The van der Waals surface area contributed by atoms with Crippen LogP contribution in [0.15, 0.2) is 58.5 Å². The fraction of sp³-hybridized carbons (Fsp3) is 0.433. The van der Waals surface area contributed by atoms with Gasteiger partial charge in [0, 0.05) is 36.1 Å². The Hall–Kier alpha value is -1.96. The number of benzene rings is 2. The number of fused-ring (bicyclic) bond motifs is 2. The zero-order chi connectivity index (χ0) is 26.6. The van der Waals surface area contributed by atoms with Gasteiger partial charge in [-0.2, -0.15) is 4.57 Å². The van der Waals surface area contributed by atoms with Gasteiger partial charge < -0.3 is 14.4 Å². The average Bonchev–Trinajstić information content (AvgIpc) is 3.44. The van der Waals surface area contributed by atoms with Crippen molar-refractivity contribution >= 4 is 61.0 Å². The lowest BCUT2D eigenvalue weighted by Gasteiger charge is -2.20. The molecule has 200 valence electrons. The second kappa shape index (κ2) is 15.5. The van der Waals surface area contributed by atoms with Gasteiger partial charge in [0.05, 0.1) is 23.9 Å². The van der Waals surface area contributed by atoms with Crippen LogP contribution in [0.25, 0.3) is 16.3 Å².